The van der Waals surface area contributed by atoms with Crippen LogP contribution in [0.3, 0.4) is 0 Å². The van der Waals surface area contributed by atoms with E-state index in [-0.39, 0.29) is 5.91 Å². The molecule has 0 radical (unpaired) electrons. The number of allylic oxidation sites excluding steroid dienone is 3. The van der Waals surface area contributed by atoms with Crippen LogP contribution in [0.5, 0.6) is 0 Å². The number of hydrogen-bond donors (Lipinski definition) is 1. The Kier molecular flexibility index (Phi) is 7.94. The minimum absolute atomic E-state index is 0.138. The maximum atomic E-state index is 14.5. The van der Waals surface area contributed by atoms with Gasteiger partial charge >= 0.3 is 0 Å². The Hall–Kier alpha value is -4.39. The fourth-order valence-electron chi connectivity index (χ4n) is 6.31. The van der Waals surface area contributed by atoms with Crippen LogP contribution < -0.4 is 15.1 Å². The Labute approximate surface area is 263 Å². The first kappa shape index (κ1) is 28.4. The molecule has 0 spiro atoms. The van der Waals surface area contributed by atoms with Crippen LogP contribution in [0, 0.1) is 0 Å². The van der Waals surface area contributed by atoms with Crippen LogP contribution in [0.1, 0.15) is 52.6 Å². The van der Waals surface area contributed by atoms with Crippen LogP contribution in [-0.4, -0.2) is 38.3 Å². The van der Waals surface area contributed by atoms with Crippen molar-refractivity contribution in [1.82, 2.24) is 5.32 Å². The number of carbonyl (C=O) groups excluding carboxylic acids is 1. The molecule has 0 unspecified atom stereocenters. The third-order valence-electron chi connectivity index (χ3n) is 8.74. The van der Waals surface area contributed by atoms with Crippen molar-refractivity contribution in [2.24, 2.45) is 4.99 Å². The number of amides is 1. The Morgan fingerprint density at radius 3 is 2.61 bits per heavy atom. The molecule has 1 aromatic heterocycles. The minimum atomic E-state index is -0.138. The maximum Gasteiger partial charge on any atom is 0.294 e. The van der Waals surface area contributed by atoms with Crippen molar-refractivity contribution in [2.45, 2.75) is 32.7 Å². The molecule has 1 N–H and O–H groups in total. The molecular formula is C37H35ClN4O2. The molecule has 0 saturated carbocycles. The molecule has 6 nitrogen and oxygen atoms in total. The third-order valence-corrected chi connectivity index (χ3v) is 8.99. The molecule has 4 heterocycles. The number of anilines is 2. The van der Waals surface area contributed by atoms with Crippen LogP contribution in [0.4, 0.5) is 11.4 Å². The van der Waals surface area contributed by atoms with Gasteiger partial charge in [-0.2, -0.15) is 0 Å². The average Bonchev–Trinajstić information content (AvgIpc) is 3.27. The molecule has 0 aliphatic carbocycles. The molecule has 3 aromatic carbocycles. The summed E-state index contributed by atoms with van der Waals surface area (Å²) < 4.78 is 6.37. The van der Waals surface area contributed by atoms with Gasteiger partial charge in [0.15, 0.2) is 5.76 Å². The molecule has 0 atom stereocenters. The number of nitrogens with zero attached hydrogens (tertiary/aromatic N) is 3. The lowest BCUT2D eigenvalue weighted by atomic mass is 9.96. The molecular weight excluding hydrogens is 568 g/mol. The monoisotopic (exact) mass is 602 g/mol. The predicted octanol–water partition coefficient (Wildman–Crippen LogP) is 7.91. The second kappa shape index (κ2) is 12.3. The number of piperazine rings is 1. The summed E-state index contributed by atoms with van der Waals surface area (Å²) in [6.45, 7) is 6.41. The normalized spacial score (nSPS) is 16.5. The maximum absolute atomic E-state index is 14.5. The number of benzene rings is 3. The van der Waals surface area contributed by atoms with E-state index in [2.05, 4.69) is 64.6 Å². The highest BCUT2D eigenvalue weighted by molar-refractivity contribution is 6.30. The first-order valence-corrected chi connectivity index (χ1v) is 15.7. The SMILES string of the molecule is CCC1=CC(c2ccccc2CN2C(=O)c3oc(-c4ccc(Cl)cc4)cc3Cc3cc(N4CCNCC4)ccc32)=CN=CC1. The van der Waals surface area contributed by atoms with E-state index in [9.17, 15) is 4.79 Å². The summed E-state index contributed by atoms with van der Waals surface area (Å²) in [5, 5.41) is 4.10. The van der Waals surface area contributed by atoms with Crippen molar-refractivity contribution in [3.63, 3.8) is 0 Å². The molecule has 1 fully saturated rings. The van der Waals surface area contributed by atoms with Gasteiger partial charge < -0.3 is 19.5 Å². The van der Waals surface area contributed by atoms with Crippen molar-refractivity contribution in [3.05, 3.63) is 124 Å². The van der Waals surface area contributed by atoms with Crippen molar-refractivity contribution >= 4 is 40.7 Å². The van der Waals surface area contributed by atoms with Gasteiger partial charge in [0.2, 0.25) is 0 Å². The number of furan rings is 1. The number of aliphatic imine (C=N–C) groups is 1. The van der Waals surface area contributed by atoms with Crippen LogP contribution in [0.15, 0.2) is 100 Å². The van der Waals surface area contributed by atoms with Crippen LogP contribution >= 0.6 is 11.6 Å². The number of fused-ring (bicyclic) bond motifs is 2. The number of halogens is 1. The quantitative estimate of drug-likeness (QED) is 0.244. The number of rotatable bonds is 6. The summed E-state index contributed by atoms with van der Waals surface area (Å²) >= 11 is 6.16. The van der Waals surface area contributed by atoms with Gasteiger partial charge in [-0.1, -0.05) is 54.4 Å². The van der Waals surface area contributed by atoms with E-state index in [0.717, 1.165) is 78.1 Å². The number of carbonyl (C=O) groups is 1. The van der Waals surface area contributed by atoms with E-state index < -0.39 is 0 Å². The van der Waals surface area contributed by atoms with Crippen molar-refractivity contribution in [2.75, 3.05) is 36.0 Å². The second-order valence-electron chi connectivity index (χ2n) is 11.5. The van der Waals surface area contributed by atoms with Gasteiger partial charge in [0.25, 0.3) is 5.91 Å². The summed E-state index contributed by atoms with van der Waals surface area (Å²) in [6.07, 6.45) is 8.56. The highest BCUT2D eigenvalue weighted by Crippen LogP contribution is 2.38. The standard InChI is InChI=1S/C37H35ClN4O2/c1-2-25-13-14-40-23-30(19-25)33-6-4-3-5-27(33)24-42-34-12-11-32(41-17-15-39-16-18-41)21-28(34)20-29-22-35(44-36(29)37(42)43)26-7-9-31(38)10-8-26/h3-12,14,19,21-23,39H,2,13,15-18,20,24H2,1H3. The molecule has 3 aliphatic heterocycles. The molecule has 4 aromatic rings. The van der Waals surface area contributed by atoms with E-state index in [1.807, 2.05) is 53.7 Å². The first-order valence-electron chi connectivity index (χ1n) is 15.4. The molecule has 7 heteroatoms. The average molecular weight is 603 g/mol. The topological polar surface area (TPSA) is 61.1 Å². The van der Waals surface area contributed by atoms with Gasteiger partial charge in [-0.25, -0.2) is 0 Å². The van der Waals surface area contributed by atoms with Crippen molar-refractivity contribution < 1.29 is 9.21 Å². The van der Waals surface area contributed by atoms with E-state index in [4.69, 9.17) is 16.0 Å². The largest absolute Gasteiger partial charge is 0.451 e. The zero-order valence-electron chi connectivity index (χ0n) is 24.9. The van der Waals surface area contributed by atoms with Gasteiger partial charge in [-0.15, -0.1) is 0 Å². The lowest BCUT2D eigenvalue weighted by molar-refractivity contribution is 0.0959. The van der Waals surface area contributed by atoms with Crippen molar-refractivity contribution in [1.29, 1.82) is 0 Å². The number of hydrogen-bond acceptors (Lipinski definition) is 5. The summed E-state index contributed by atoms with van der Waals surface area (Å²) in [7, 11) is 0. The molecule has 3 aliphatic rings. The fraction of sp³-hybridized carbons (Fsp3) is 0.243. The minimum Gasteiger partial charge on any atom is -0.451 e. The van der Waals surface area contributed by atoms with Gasteiger partial charge in [0.1, 0.15) is 5.76 Å². The van der Waals surface area contributed by atoms with E-state index in [0.29, 0.717) is 29.5 Å². The van der Waals surface area contributed by atoms with E-state index >= 15 is 0 Å². The molecule has 0 bridgehead atoms. The molecule has 1 amide bonds. The summed E-state index contributed by atoms with van der Waals surface area (Å²) in [4.78, 5) is 23.3. The van der Waals surface area contributed by atoms with Gasteiger partial charge in [0, 0.05) is 84.5 Å². The lowest BCUT2D eigenvalue weighted by Gasteiger charge is -2.31. The highest BCUT2D eigenvalue weighted by Gasteiger charge is 2.32. The molecule has 7 rings (SSSR count). The van der Waals surface area contributed by atoms with E-state index in [1.54, 1.807) is 0 Å². The van der Waals surface area contributed by atoms with Crippen LogP contribution in [-0.2, 0) is 13.0 Å². The van der Waals surface area contributed by atoms with Crippen LogP contribution in [0.25, 0.3) is 16.9 Å². The fourth-order valence-corrected chi connectivity index (χ4v) is 6.44. The Morgan fingerprint density at radius 2 is 1.80 bits per heavy atom. The van der Waals surface area contributed by atoms with Crippen LogP contribution in [0.2, 0.25) is 5.02 Å². The lowest BCUT2D eigenvalue weighted by Crippen LogP contribution is -2.43. The highest BCUT2D eigenvalue weighted by atomic mass is 35.5. The van der Waals surface area contributed by atoms with Gasteiger partial charge in [-0.05, 0) is 71.6 Å². The first-order chi connectivity index (χ1) is 21.6. The third kappa shape index (κ3) is 5.63. The van der Waals surface area contributed by atoms with Crippen molar-refractivity contribution in [3.8, 4) is 11.3 Å². The Balaban J connectivity index is 1.32. The summed E-state index contributed by atoms with van der Waals surface area (Å²) in [6, 6.07) is 24.4. The Bertz CT molecular complexity index is 1790. The smallest absolute Gasteiger partial charge is 0.294 e. The van der Waals surface area contributed by atoms with Gasteiger partial charge in [0.05, 0.1) is 6.54 Å². The Morgan fingerprint density at radius 1 is 0.977 bits per heavy atom. The zero-order valence-corrected chi connectivity index (χ0v) is 25.6. The van der Waals surface area contributed by atoms with Gasteiger partial charge in [-0.3, -0.25) is 9.79 Å². The molecule has 1 saturated heterocycles. The predicted molar refractivity (Wildman–Crippen MR) is 180 cm³/mol. The molecule has 44 heavy (non-hydrogen) atoms. The summed E-state index contributed by atoms with van der Waals surface area (Å²) in [5.74, 6) is 0.918. The number of nitrogens with one attached hydrogen (secondary N) is 1. The zero-order chi connectivity index (χ0) is 30.0. The molecule has 222 valence electrons. The van der Waals surface area contributed by atoms with E-state index in [1.165, 1.54) is 11.3 Å². The summed E-state index contributed by atoms with van der Waals surface area (Å²) in [5.41, 5.74) is 9.52. The second-order valence-corrected chi connectivity index (χ2v) is 12.0.